The van der Waals surface area contributed by atoms with E-state index in [1.54, 1.807) is 0 Å². The molecule has 8 heteroatoms. The van der Waals surface area contributed by atoms with Crippen molar-refractivity contribution in [2.24, 2.45) is 0 Å². The van der Waals surface area contributed by atoms with Crippen molar-refractivity contribution in [3.8, 4) is 51.5 Å². The zero-order chi connectivity index (χ0) is 43.5. The summed E-state index contributed by atoms with van der Waals surface area (Å²) in [5.74, 6) is 3.78. The average molecular weight is 832 g/mol. The summed E-state index contributed by atoms with van der Waals surface area (Å²) >= 11 is 0. The molecule has 64 heavy (non-hydrogen) atoms. The van der Waals surface area contributed by atoms with Gasteiger partial charge in [0.2, 0.25) is 0 Å². The second kappa shape index (κ2) is 15.7. The average Bonchev–Trinajstić information content (AvgIpc) is 3.87. The summed E-state index contributed by atoms with van der Waals surface area (Å²) in [5, 5.41) is 2.11. The van der Waals surface area contributed by atoms with E-state index in [1.165, 1.54) is 22.4 Å². The van der Waals surface area contributed by atoms with Crippen molar-refractivity contribution in [3.05, 3.63) is 198 Å². The predicted molar refractivity (Wildman–Crippen MR) is 260 cm³/mol. The maximum Gasteiger partial charge on any atom is 0.167 e. The van der Waals surface area contributed by atoms with E-state index in [1.807, 2.05) is 30.5 Å². The van der Waals surface area contributed by atoms with Gasteiger partial charge in [-0.3, -0.25) is 4.57 Å². The molecule has 0 radical (unpaired) electrons. The van der Waals surface area contributed by atoms with Crippen LogP contribution in [-0.4, -0.2) is 31.2 Å². The van der Waals surface area contributed by atoms with Crippen molar-refractivity contribution in [3.63, 3.8) is 0 Å². The molecule has 3 aromatic heterocycles. The maximum atomic E-state index is 7.15. The van der Waals surface area contributed by atoms with Gasteiger partial charge in [0.1, 0.15) is 24.0 Å². The van der Waals surface area contributed by atoms with Crippen molar-refractivity contribution in [1.82, 2.24) is 24.5 Å². The minimum Gasteiger partial charge on any atom is -0.456 e. The van der Waals surface area contributed by atoms with Crippen molar-refractivity contribution in [2.45, 2.75) is 34.6 Å². The van der Waals surface area contributed by atoms with Crippen LogP contribution in [0.4, 0.5) is 22.7 Å². The SMILES string of the molecule is Cc1ccc(-c2nc(-c3ccc(C)cc3)nc(-c3cc4c5ccccc5n(-c5ccccn5)c4cc3Oc3cccc(N4CN(c5cc(C)c(C)c(C)c5)c5ccccc54)c3)n2)cc1. The van der Waals surface area contributed by atoms with Gasteiger partial charge in [0.05, 0.1) is 28.0 Å². The molecule has 0 unspecified atom stereocenters. The zero-order valence-electron chi connectivity index (χ0n) is 36.4. The van der Waals surface area contributed by atoms with E-state index in [-0.39, 0.29) is 0 Å². The third-order valence-corrected chi connectivity index (χ3v) is 12.5. The fraction of sp³-hybridized carbons (Fsp3) is 0.107. The molecule has 10 aromatic rings. The van der Waals surface area contributed by atoms with Crippen LogP contribution in [0.2, 0.25) is 0 Å². The number of para-hydroxylation sites is 3. The van der Waals surface area contributed by atoms with E-state index in [0.717, 1.165) is 72.5 Å². The number of hydrogen-bond donors (Lipinski definition) is 0. The van der Waals surface area contributed by atoms with Crippen LogP contribution < -0.4 is 14.5 Å². The number of anilines is 4. The first-order valence-electron chi connectivity index (χ1n) is 21.6. The Labute approximate surface area is 372 Å². The molecule has 0 spiro atoms. The van der Waals surface area contributed by atoms with Gasteiger partial charge in [-0.25, -0.2) is 19.9 Å². The fourth-order valence-corrected chi connectivity index (χ4v) is 8.81. The molecule has 0 aliphatic carbocycles. The van der Waals surface area contributed by atoms with E-state index in [0.29, 0.717) is 35.6 Å². The van der Waals surface area contributed by atoms with Gasteiger partial charge in [0.25, 0.3) is 0 Å². The topological polar surface area (TPSA) is 72.2 Å². The Morgan fingerprint density at radius 3 is 1.75 bits per heavy atom. The normalized spacial score (nSPS) is 12.3. The minimum atomic E-state index is 0.511. The van der Waals surface area contributed by atoms with E-state index in [2.05, 4.69) is 189 Å². The molecule has 0 atom stereocenters. The van der Waals surface area contributed by atoms with Crippen LogP contribution in [0.3, 0.4) is 0 Å². The van der Waals surface area contributed by atoms with Gasteiger partial charge in [-0.15, -0.1) is 0 Å². The van der Waals surface area contributed by atoms with Crippen molar-refractivity contribution in [1.29, 1.82) is 0 Å². The lowest BCUT2D eigenvalue weighted by molar-refractivity contribution is 0.484. The fourth-order valence-electron chi connectivity index (χ4n) is 8.81. The van der Waals surface area contributed by atoms with E-state index in [9.17, 15) is 0 Å². The summed E-state index contributed by atoms with van der Waals surface area (Å²) in [7, 11) is 0. The molecule has 1 aliphatic heterocycles. The molecule has 310 valence electrons. The standard InChI is InChI=1S/C56H45N7O/c1-35-20-24-40(25-21-35)54-58-55(41-26-22-36(2)23-27-41)60-56(59-54)47-32-46-45-15-6-7-16-48(45)63(53-19-10-11-28-57-53)51(46)33-52(47)64-44-14-12-13-42(31-44)61-34-62(50-18-9-8-17-49(50)61)43-29-37(3)39(5)38(4)30-43/h6-33H,34H2,1-5H3. The molecule has 8 nitrogen and oxygen atoms in total. The number of pyridine rings is 1. The Bertz CT molecular complexity index is 3310. The lowest BCUT2D eigenvalue weighted by Crippen LogP contribution is -2.24. The highest BCUT2D eigenvalue weighted by molar-refractivity contribution is 6.11. The highest BCUT2D eigenvalue weighted by atomic mass is 16.5. The highest BCUT2D eigenvalue weighted by Gasteiger charge is 2.29. The number of rotatable bonds is 8. The lowest BCUT2D eigenvalue weighted by atomic mass is 10.0. The zero-order valence-corrected chi connectivity index (χ0v) is 36.4. The molecule has 1 aliphatic rings. The number of aromatic nitrogens is 5. The molecular weight excluding hydrogens is 787 g/mol. The molecule has 0 bridgehead atoms. The molecular formula is C56H45N7O. The molecule has 0 saturated heterocycles. The van der Waals surface area contributed by atoms with Gasteiger partial charge >= 0.3 is 0 Å². The summed E-state index contributed by atoms with van der Waals surface area (Å²) in [6.45, 7) is 11.4. The number of fused-ring (bicyclic) bond motifs is 4. The molecule has 0 amide bonds. The first-order valence-corrected chi connectivity index (χ1v) is 21.6. The Hall–Kier alpha value is -8.10. The van der Waals surface area contributed by atoms with Gasteiger partial charge in [-0.2, -0.15) is 0 Å². The summed E-state index contributed by atoms with van der Waals surface area (Å²) in [6.07, 6.45) is 1.83. The quantitative estimate of drug-likeness (QED) is 0.151. The van der Waals surface area contributed by atoms with Crippen molar-refractivity contribution in [2.75, 3.05) is 16.5 Å². The predicted octanol–water partition coefficient (Wildman–Crippen LogP) is 13.9. The Morgan fingerprint density at radius 2 is 1.09 bits per heavy atom. The van der Waals surface area contributed by atoms with Gasteiger partial charge in [-0.05, 0) is 112 Å². The largest absolute Gasteiger partial charge is 0.456 e. The Kier molecular flexibility index (Phi) is 9.50. The summed E-state index contributed by atoms with van der Waals surface area (Å²) in [4.78, 5) is 25.1. The molecule has 7 aromatic carbocycles. The number of ether oxygens (including phenoxy) is 1. The Balaban J connectivity index is 1.09. The van der Waals surface area contributed by atoms with Crippen LogP contribution in [0.5, 0.6) is 11.5 Å². The number of aryl methyl sites for hydroxylation is 4. The van der Waals surface area contributed by atoms with Crippen LogP contribution in [0.1, 0.15) is 27.8 Å². The molecule has 0 saturated carbocycles. The van der Waals surface area contributed by atoms with Crippen LogP contribution in [0, 0.1) is 34.6 Å². The summed E-state index contributed by atoms with van der Waals surface area (Å²) in [5.41, 5.74) is 15.2. The smallest absolute Gasteiger partial charge is 0.167 e. The third-order valence-electron chi connectivity index (χ3n) is 12.5. The number of benzene rings is 7. The number of hydrogen-bond acceptors (Lipinski definition) is 7. The third kappa shape index (κ3) is 6.90. The van der Waals surface area contributed by atoms with E-state index in [4.69, 9.17) is 24.7 Å². The first kappa shape index (κ1) is 38.8. The molecule has 4 heterocycles. The number of nitrogens with zero attached hydrogens (tertiary/aromatic N) is 7. The summed E-state index contributed by atoms with van der Waals surface area (Å²) in [6, 6.07) is 56.9. The highest BCUT2D eigenvalue weighted by Crippen LogP contribution is 2.46. The molecule has 11 rings (SSSR count). The first-order chi connectivity index (χ1) is 31.3. The molecule has 0 N–H and O–H groups in total. The second-order valence-corrected chi connectivity index (χ2v) is 16.7. The Morgan fingerprint density at radius 1 is 0.484 bits per heavy atom. The van der Waals surface area contributed by atoms with Crippen LogP contribution in [0.25, 0.3) is 61.8 Å². The van der Waals surface area contributed by atoms with Crippen molar-refractivity contribution >= 4 is 44.6 Å². The van der Waals surface area contributed by atoms with Gasteiger partial charge in [0.15, 0.2) is 17.5 Å². The summed E-state index contributed by atoms with van der Waals surface area (Å²) < 4.78 is 9.35. The maximum absolute atomic E-state index is 7.15. The van der Waals surface area contributed by atoms with E-state index >= 15 is 0 Å². The van der Waals surface area contributed by atoms with Gasteiger partial charge < -0.3 is 14.5 Å². The van der Waals surface area contributed by atoms with E-state index < -0.39 is 0 Å². The van der Waals surface area contributed by atoms with Crippen LogP contribution >= 0.6 is 0 Å². The minimum absolute atomic E-state index is 0.511. The van der Waals surface area contributed by atoms with Crippen LogP contribution in [-0.2, 0) is 0 Å². The molecule has 0 fully saturated rings. The lowest BCUT2D eigenvalue weighted by Gasteiger charge is -2.24. The second-order valence-electron chi connectivity index (χ2n) is 16.7. The van der Waals surface area contributed by atoms with Gasteiger partial charge in [-0.1, -0.05) is 102 Å². The van der Waals surface area contributed by atoms with Gasteiger partial charge in [0, 0.05) is 51.6 Å². The van der Waals surface area contributed by atoms with Crippen molar-refractivity contribution < 1.29 is 4.74 Å². The monoisotopic (exact) mass is 831 g/mol. The van der Waals surface area contributed by atoms with Crippen LogP contribution in [0.15, 0.2) is 170 Å².